The van der Waals surface area contributed by atoms with Crippen molar-refractivity contribution in [1.82, 2.24) is 10.2 Å². The third-order valence-corrected chi connectivity index (χ3v) is 4.82. The molecule has 2 amide bonds. The highest BCUT2D eigenvalue weighted by Gasteiger charge is 2.41. The lowest BCUT2D eigenvalue weighted by Gasteiger charge is -2.43. The Hall–Kier alpha value is -1.56. The number of carbonyl (C=O) groups excluding carboxylic acids is 1. The summed E-state index contributed by atoms with van der Waals surface area (Å²) >= 11 is 1.62. The van der Waals surface area contributed by atoms with Crippen LogP contribution < -0.4 is 5.32 Å². The lowest BCUT2D eigenvalue weighted by Crippen LogP contribution is -2.58. The van der Waals surface area contributed by atoms with Crippen LogP contribution in [0.2, 0.25) is 0 Å². The first kappa shape index (κ1) is 15.8. The first-order valence-electron chi connectivity index (χ1n) is 7.25. The molecule has 1 aromatic rings. The molecule has 1 fully saturated rings. The summed E-state index contributed by atoms with van der Waals surface area (Å²) in [6.45, 7) is 4.50. The van der Waals surface area contributed by atoms with E-state index in [-0.39, 0.29) is 18.5 Å². The van der Waals surface area contributed by atoms with E-state index in [2.05, 4.69) is 5.32 Å². The van der Waals surface area contributed by atoms with E-state index in [1.807, 2.05) is 31.4 Å². The molecule has 5 nitrogen and oxygen atoms in total. The van der Waals surface area contributed by atoms with Crippen molar-refractivity contribution in [3.8, 4) is 0 Å². The van der Waals surface area contributed by atoms with Crippen LogP contribution in [0.5, 0.6) is 0 Å². The zero-order chi connectivity index (χ0) is 15.5. The topological polar surface area (TPSA) is 69.6 Å². The Morgan fingerprint density at radius 2 is 2.19 bits per heavy atom. The Kier molecular flexibility index (Phi) is 4.88. The summed E-state index contributed by atoms with van der Waals surface area (Å²) in [5.41, 5.74) is -0.550. The molecule has 0 spiro atoms. The summed E-state index contributed by atoms with van der Waals surface area (Å²) in [4.78, 5) is 26.4. The van der Waals surface area contributed by atoms with Crippen molar-refractivity contribution in [3.05, 3.63) is 22.4 Å². The van der Waals surface area contributed by atoms with Crippen molar-refractivity contribution >= 4 is 23.3 Å². The van der Waals surface area contributed by atoms with E-state index in [0.717, 1.165) is 24.1 Å². The summed E-state index contributed by atoms with van der Waals surface area (Å²) < 4.78 is 0. The first-order valence-corrected chi connectivity index (χ1v) is 8.13. The molecule has 0 unspecified atom stereocenters. The normalized spacial score (nSPS) is 16.3. The van der Waals surface area contributed by atoms with Crippen LogP contribution in [0.3, 0.4) is 0 Å². The maximum absolute atomic E-state index is 12.5. The third-order valence-electron chi connectivity index (χ3n) is 3.96. The van der Waals surface area contributed by atoms with Crippen LogP contribution in [0.15, 0.2) is 17.5 Å². The minimum absolute atomic E-state index is 0.00365. The maximum Gasteiger partial charge on any atom is 0.318 e. The predicted octanol–water partition coefficient (Wildman–Crippen LogP) is 3.07. The van der Waals surface area contributed by atoms with E-state index < -0.39 is 11.5 Å². The standard InChI is InChI=1S/C15H22N2O3S/c1-11(2)17(10-12-5-3-8-21-12)14(20)16-15(6-4-7-15)9-13(18)19/h3,5,8,11H,4,6-7,9-10H2,1-2H3,(H,16,20)(H,18,19). The Morgan fingerprint density at radius 3 is 2.62 bits per heavy atom. The van der Waals surface area contributed by atoms with Crippen LogP contribution >= 0.6 is 11.3 Å². The molecule has 116 valence electrons. The van der Waals surface area contributed by atoms with Crippen LogP contribution in [-0.2, 0) is 11.3 Å². The molecule has 21 heavy (non-hydrogen) atoms. The number of amides is 2. The second-order valence-corrected chi connectivity index (χ2v) is 6.97. The molecule has 1 heterocycles. The summed E-state index contributed by atoms with van der Waals surface area (Å²) in [6, 6.07) is 3.87. The molecule has 2 rings (SSSR count). The monoisotopic (exact) mass is 310 g/mol. The molecule has 1 aromatic heterocycles. The second-order valence-electron chi connectivity index (χ2n) is 5.94. The van der Waals surface area contributed by atoms with Gasteiger partial charge in [-0.1, -0.05) is 6.07 Å². The molecule has 0 radical (unpaired) electrons. The van der Waals surface area contributed by atoms with Crippen molar-refractivity contribution in [2.75, 3.05) is 0 Å². The van der Waals surface area contributed by atoms with Crippen LogP contribution in [0.25, 0.3) is 0 Å². The highest BCUT2D eigenvalue weighted by Crippen LogP contribution is 2.35. The van der Waals surface area contributed by atoms with Gasteiger partial charge in [0.05, 0.1) is 18.5 Å². The molecule has 1 aliphatic rings. The second kappa shape index (κ2) is 6.47. The Bertz CT molecular complexity index is 495. The number of hydrogen-bond donors (Lipinski definition) is 2. The van der Waals surface area contributed by atoms with Crippen LogP contribution in [0.4, 0.5) is 4.79 Å². The number of carboxylic acids is 1. The SMILES string of the molecule is CC(C)N(Cc1cccs1)C(=O)NC1(CC(=O)O)CCC1. The number of urea groups is 1. The number of nitrogens with one attached hydrogen (secondary N) is 1. The lowest BCUT2D eigenvalue weighted by atomic mass is 9.74. The van der Waals surface area contributed by atoms with E-state index in [4.69, 9.17) is 5.11 Å². The number of hydrogen-bond acceptors (Lipinski definition) is 3. The smallest absolute Gasteiger partial charge is 0.318 e. The highest BCUT2D eigenvalue weighted by atomic mass is 32.1. The average Bonchev–Trinajstić information content (AvgIpc) is 2.84. The molecule has 0 aliphatic heterocycles. The quantitative estimate of drug-likeness (QED) is 0.848. The zero-order valence-corrected chi connectivity index (χ0v) is 13.3. The van der Waals surface area contributed by atoms with Crippen LogP contribution in [0, 0.1) is 0 Å². The first-order chi connectivity index (χ1) is 9.92. The van der Waals surface area contributed by atoms with Gasteiger partial charge in [0.1, 0.15) is 0 Å². The molecular weight excluding hydrogens is 288 g/mol. The molecule has 1 saturated carbocycles. The summed E-state index contributed by atoms with van der Waals surface area (Å²) in [6.07, 6.45) is 2.47. The number of carboxylic acid groups (broad SMARTS) is 1. The molecular formula is C15H22N2O3S. The van der Waals surface area contributed by atoms with Gasteiger partial charge in [0.15, 0.2) is 0 Å². The fourth-order valence-corrected chi connectivity index (χ4v) is 3.30. The van der Waals surface area contributed by atoms with Gasteiger partial charge in [-0.3, -0.25) is 4.79 Å². The minimum atomic E-state index is -0.857. The largest absolute Gasteiger partial charge is 0.481 e. The number of thiophene rings is 1. The summed E-state index contributed by atoms with van der Waals surface area (Å²) in [7, 11) is 0. The average molecular weight is 310 g/mol. The Morgan fingerprint density at radius 1 is 1.48 bits per heavy atom. The molecule has 1 aliphatic carbocycles. The number of carbonyl (C=O) groups is 2. The molecule has 0 saturated heterocycles. The summed E-state index contributed by atoms with van der Waals surface area (Å²) in [5, 5.41) is 14.0. The van der Waals surface area contributed by atoms with Crippen LogP contribution in [0.1, 0.15) is 44.4 Å². The van der Waals surface area contributed by atoms with Crippen molar-refractivity contribution in [2.24, 2.45) is 0 Å². The zero-order valence-electron chi connectivity index (χ0n) is 12.5. The minimum Gasteiger partial charge on any atom is -0.481 e. The van der Waals surface area contributed by atoms with Gasteiger partial charge in [0.25, 0.3) is 0 Å². The van der Waals surface area contributed by atoms with Crippen molar-refractivity contribution in [3.63, 3.8) is 0 Å². The molecule has 0 aromatic carbocycles. The maximum atomic E-state index is 12.5. The lowest BCUT2D eigenvalue weighted by molar-refractivity contribution is -0.139. The van der Waals surface area contributed by atoms with Gasteiger partial charge in [-0.2, -0.15) is 0 Å². The van der Waals surface area contributed by atoms with E-state index in [1.54, 1.807) is 16.2 Å². The molecule has 6 heteroatoms. The van der Waals surface area contributed by atoms with Gasteiger partial charge in [0.2, 0.25) is 0 Å². The van der Waals surface area contributed by atoms with Crippen molar-refractivity contribution in [1.29, 1.82) is 0 Å². The van der Waals surface area contributed by atoms with Crippen molar-refractivity contribution < 1.29 is 14.7 Å². The number of aliphatic carboxylic acids is 1. The molecule has 0 atom stereocenters. The van der Waals surface area contributed by atoms with E-state index >= 15 is 0 Å². The number of rotatable bonds is 6. The van der Waals surface area contributed by atoms with Gasteiger partial charge in [-0.25, -0.2) is 4.79 Å². The number of nitrogens with zero attached hydrogens (tertiary/aromatic N) is 1. The molecule has 0 bridgehead atoms. The Balaban J connectivity index is 2.02. The van der Waals surface area contributed by atoms with Gasteiger partial charge in [0, 0.05) is 10.9 Å². The predicted molar refractivity (Wildman–Crippen MR) is 82.4 cm³/mol. The summed E-state index contributed by atoms with van der Waals surface area (Å²) in [5.74, 6) is -0.857. The Labute approximate surface area is 129 Å². The van der Waals surface area contributed by atoms with Crippen LogP contribution in [-0.4, -0.2) is 33.6 Å². The fourth-order valence-electron chi connectivity index (χ4n) is 2.60. The van der Waals surface area contributed by atoms with E-state index in [1.165, 1.54) is 0 Å². The van der Waals surface area contributed by atoms with E-state index in [0.29, 0.717) is 6.54 Å². The third kappa shape index (κ3) is 3.97. The van der Waals surface area contributed by atoms with E-state index in [9.17, 15) is 9.59 Å². The van der Waals surface area contributed by atoms with Gasteiger partial charge >= 0.3 is 12.0 Å². The fraction of sp³-hybridized carbons (Fsp3) is 0.600. The van der Waals surface area contributed by atoms with Crippen molar-refractivity contribution in [2.45, 2.75) is 57.7 Å². The van der Waals surface area contributed by atoms with Gasteiger partial charge in [-0.05, 0) is 44.6 Å². The molecule has 2 N–H and O–H groups in total. The van der Waals surface area contributed by atoms with Gasteiger partial charge in [-0.15, -0.1) is 11.3 Å². The van der Waals surface area contributed by atoms with Gasteiger partial charge < -0.3 is 15.3 Å². The highest BCUT2D eigenvalue weighted by molar-refractivity contribution is 7.09.